The van der Waals surface area contributed by atoms with Crippen molar-refractivity contribution in [3.05, 3.63) is 170 Å². The minimum Gasteiger partial charge on any atom is -0.456 e. The molecule has 2 aromatic heterocycles. The first-order valence-corrected chi connectivity index (χ1v) is 16.6. The highest BCUT2D eigenvalue weighted by Gasteiger charge is 2.18. The van der Waals surface area contributed by atoms with E-state index in [0.717, 1.165) is 66.2 Å². The largest absolute Gasteiger partial charge is 0.456 e. The van der Waals surface area contributed by atoms with Crippen LogP contribution in [0, 0.1) is 0 Å². The fourth-order valence-electron chi connectivity index (χ4n) is 7.27. The van der Waals surface area contributed by atoms with Gasteiger partial charge in [0.25, 0.3) is 0 Å². The molecule has 0 saturated heterocycles. The molecular weight excluding hydrogens is 597 g/mol. The number of nitrogens with zero attached hydrogens (tertiary/aromatic N) is 2. The number of rotatable bonds is 4. The Balaban J connectivity index is 1.24. The standard InChI is InChI=1S/C46H28N2O/c1-2-10-29(11-3-1)30-18-20-32(21-19-30)41-28-42(34-23-24-38-37-16-8-9-17-43(37)49-44(38)27-34)48-46(47-41)45-36-15-7-5-13-33(36)26-40-35-14-6-4-12-31(35)22-25-39(40)45/h1-28H. The Kier molecular flexibility index (Phi) is 6.18. The molecule has 2 heterocycles. The Morgan fingerprint density at radius 3 is 1.76 bits per heavy atom. The summed E-state index contributed by atoms with van der Waals surface area (Å²) in [5.41, 5.74) is 8.83. The fourth-order valence-corrected chi connectivity index (χ4v) is 7.27. The zero-order valence-electron chi connectivity index (χ0n) is 26.5. The summed E-state index contributed by atoms with van der Waals surface area (Å²) in [6.07, 6.45) is 0. The lowest BCUT2D eigenvalue weighted by atomic mass is 9.92. The molecule has 49 heavy (non-hydrogen) atoms. The van der Waals surface area contributed by atoms with Crippen LogP contribution in [0.2, 0.25) is 0 Å². The van der Waals surface area contributed by atoms with Gasteiger partial charge in [0.1, 0.15) is 11.2 Å². The number of benzene rings is 8. The van der Waals surface area contributed by atoms with Crippen molar-refractivity contribution in [2.45, 2.75) is 0 Å². The second-order valence-corrected chi connectivity index (χ2v) is 12.6. The maximum Gasteiger partial charge on any atom is 0.161 e. The van der Waals surface area contributed by atoms with E-state index >= 15 is 0 Å². The first-order valence-electron chi connectivity index (χ1n) is 16.6. The molecule has 0 saturated carbocycles. The van der Waals surface area contributed by atoms with Crippen LogP contribution in [0.3, 0.4) is 0 Å². The number of furan rings is 1. The topological polar surface area (TPSA) is 38.9 Å². The van der Waals surface area contributed by atoms with Gasteiger partial charge in [0.05, 0.1) is 11.4 Å². The number of fused-ring (bicyclic) bond motifs is 7. The van der Waals surface area contributed by atoms with Gasteiger partial charge in [-0.2, -0.15) is 0 Å². The van der Waals surface area contributed by atoms with E-state index in [4.69, 9.17) is 14.4 Å². The smallest absolute Gasteiger partial charge is 0.161 e. The summed E-state index contributed by atoms with van der Waals surface area (Å²) in [4.78, 5) is 10.7. The lowest BCUT2D eigenvalue weighted by Gasteiger charge is -2.15. The molecule has 8 aromatic carbocycles. The molecule has 0 amide bonds. The van der Waals surface area contributed by atoms with Gasteiger partial charge in [-0.15, -0.1) is 0 Å². The molecule has 0 spiro atoms. The molecule has 0 N–H and O–H groups in total. The highest BCUT2D eigenvalue weighted by molar-refractivity contribution is 6.19. The van der Waals surface area contributed by atoms with Gasteiger partial charge in [-0.1, -0.05) is 140 Å². The summed E-state index contributed by atoms with van der Waals surface area (Å²) >= 11 is 0. The molecular formula is C46H28N2O. The van der Waals surface area contributed by atoms with Crippen molar-refractivity contribution >= 4 is 54.3 Å². The summed E-state index contributed by atoms with van der Waals surface area (Å²) in [6.45, 7) is 0. The van der Waals surface area contributed by atoms with Crippen LogP contribution in [0.1, 0.15) is 0 Å². The Labute approximate surface area is 282 Å². The highest BCUT2D eigenvalue weighted by atomic mass is 16.3. The summed E-state index contributed by atoms with van der Waals surface area (Å²) in [7, 11) is 0. The van der Waals surface area contributed by atoms with Crippen molar-refractivity contribution < 1.29 is 4.42 Å². The van der Waals surface area contributed by atoms with E-state index in [1.807, 2.05) is 18.2 Å². The quantitative estimate of drug-likeness (QED) is 0.144. The maximum atomic E-state index is 6.31. The summed E-state index contributed by atoms with van der Waals surface area (Å²) in [6, 6.07) is 59.7. The number of aromatic nitrogens is 2. The maximum absolute atomic E-state index is 6.31. The van der Waals surface area contributed by atoms with E-state index in [2.05, 4.69) is 152 Å². The average Bonchev–Trinajstić information content (AvgIpc) is 3.55. The number of para-hydroxylation sites is 1. The molecule has 10 aromatic rings. The molecule has 0 atom stereocenters. The molecule has 0 fully saturated rings. The van der Waals surface area contributed by atoms with Gasteiger partial charge < -0.3 is 4.42 Å². The fraction of sp³-hybridized carbons (Fsp3) is 0. The molecule has 0 bridgehead atoms. The van der Waals surface area contributed by atoms with Gasteiger partial charge >= 0.3 is 0 Å². The SMILES string of the molecule is c1ccc(-c2ccc(-c3cc(-c4ccc5c(c4)oc4ccccc45)nc(-c4c5ccccc5cc5c4ccc4ccccc45)n3)cc2)cc1. The van der Waals surface area contributed by atoms with Gasteiger partial charge in [0.2, 0.25) is 0 Å². The van der Waals surface area contributed by atoms with Gasteiger partial charge in [0.15, 0.2) is 5.82 Å². The third kappa shape index (κ3) is 4.59. The molecule has 0 aliphatic heterocycles. The van der Waals surface area contributed by atoms with E-state index in [0.29, 0.717) is 5.82 Å². The molecule has 0 aliphatic carbocycles. The Bertz CT molecular complexity index is 2870. The van der Waals surface area contributed by atoms with Crippen molar-refractivity contribution in [3.8, 4) is 45.0 Å². The molecule has 10 rings (SSSR count). The van der Waals surface area contributed by atoms with Gasteiger partial charge in [-0.25, -0.2) is 9.97 Å². The van der Waals surface area contributed by atoms with Crippen LogP contribution in [-0.2, 0) is 0 Å². The van der Waals surface area contributed by atoms with Crippen LogP contribution < -0.4 is 0 Å². The monoisotopic (exact) mass is 624 g/mol. The number of hydrogen-bond acceptors (Lipinski definition) is 3. The zero-order chi connectivity index (χ0) is 32.3. The molecule has 228 valence electrons. The van der Waals surface area contributed by atoms with Crippen LogP contribution in [0.15, 0.2) is 174 Å². The summed E-state index contributed by atoms with van der Waals surface area (Å²) < 4.78 is 6.31. The normalized spacial score (nSPS) is 11.7. The van der Waals surface area contributed by atoms with Gasteiger partial charge in [-0.3, -0.25) is 0 Å². The molecule has 0 aliphatic rings. The Hall–Kier alpha value is -6.58. The summed E-state index contributed by atoms with van der Waals surface area (Å²) in [5.74, 6) is 0.696. The van der Waals surface area contributed by atoms with Gasteiger partial charge in [0, 0.05) is 27.5 Å². The van der Waals surface area contributed by atoms with Crippen molar-refractivity contribution in [1.82, 2.24) is 9.97 Å². The van der Waals surface area contributed by atoms with Gasteiger partial charge in [-0.05, 0) is 73.8 Å². The first-order chi connectivity index (χ1) is 24.3. The van der Waals surface area contributed by atoms with E-state index in [-0.39, 0.29) is 0 Å². The highest BCUT2D eigenvalue weighted by Crippen LogP contribution is 2.40. The van der Waals surface area contributed by atoms with Crippen LogP contribution in [0.4, 0.5) is 0 Å². The Morgan fingerprint density at radius 1 is 0.327 bits per heavy atom. The van der Waals surface area contributed by atoms with Crippen molar-refractivity contribution in [2.75, 3.05) is 0 Å². The summed E-state index contributed by atoms with van der Waals surface area (Å²) in [5, 5.41) is 9.25. The molecule has 0 unspecified atom stereocenters. The van der Waals surface area contributed by atoms with Crippen LogP contribution in [-0.4, -0.2) is 9.97 Å². The lowest BCUT2D eigenvalue weighted by molar-refractivity contribution is 0.669. The van der Waals surface area contributed by atoms with Crippen LogP contribution in [0.25, 0.3) is 99.3 Å². The van der Waals surface area contributed by atoms with Crippen molar-refractivity contribution in [3.63, 3.8) is 0 Å². The van der Waals surface area contributed by atoms with E-state index in [1.165, 1.54) is 27.3 Å². The first kappa shape index (κ1) is 27.5. The zero-order valence-corrected chi connectivity index (χ0v) is 26.5. The molecule has 3 heteroatoms. The minimum atomic E-state index is 0.696. The lowest BCUT2D eigenvalue weighted by Crippen LogP contribution is -1.98. The minimum absolute atomic E-state index is 0.696. The Morgan fingerprint density at radius 2 is 0.918 bits per heavy atom. The van der Waals surface area contributed by atoms with E-state index in [1.54, 1.807) is 0 Å². The van der Waals surface area contributed by atoms with E-state index in [9.17, 15) is 0 Å². The number of hydrogen-bond donors (Lipinski definition) is 0. The molecule has 0 radical (unpaired) electrons. The van der Waals surface area contributed by atoms with E-state index < -0.39 is 0 Å². The van der Waals surface area contributed by atoms with Crippen LogP contribution >= 0.6 is 0 Å². The average molecular weight is 625 g/mol. The predicted octanol–water partition coefficient (Wildman–Crippen LogP) is 12.5. The third-order valence-electron chi connectivity index (χ3n) is 9.68. The predicted molar refractivity (Wildman–Crippen MR) is 204 cm³/mol. The second kappa shape index (κ2) is 11.0. The second-order valence-electron chi connectivity index (χ2n) is 12.6. The third-order valence-corrected chi connectivity index (χ3v) is 9.68. The van der Waals surface area contributed by atoms with Crippen molar-refractivity contribution in [2.24, 2.45) is 0 Å². The van der Waals surface area contributed by atoms with Crippen LogP contribution in [0.5, 0.6) is 0 Å². The van der Waals surface area contributed by atoms with Crippen molar-refractivity contribution in [1.29, 1.82) is 0 Å². The molecule has 3 nitrogen and oxygen atoms in total.